The quantitative estimate of drug-likeness (QED) is 0.274. The van der Waals surface area contributed by atoms with Crippen LogP contribution in [-0.4, -0.2) is 69.4 Å². The maximum Gasteiger partial charge on any atom is 0.254 e. The largest absolute Gasteiger partial charge is 0.358 e. The summed E-state index contributed by atoms with van der Waals surface area (Å²) in [4.78, 5) is 39.8. The topological polar surface area (TPSA) is 118 Å². The monoisotopic (exact) mass is 617 g/mol. The molecule has 2 fully saturated rings. The number of aromatic amines is 1. The molecule has 6 heterocycles. The molecule has 0 spiro atoms. The Kier molecular flexibility index (Phi) is 7.18. The molecule has 236 valence electrons. The van der Waals surface area contributed by atoms with E-state index >= 15 is 0 Å². The van der Waals surface area contributed by atoms with Crippen molar-refractivity contribution in [3.8, 4) is 11.1 Å². The van der Waals surface area contributed by atoms with Crippen LogP contribution in [0.5, 0.6) is 0 Å². The number of rotatable bonds is 7. The predicted molar refractivity (Wildman–Crippen MR) is 173 cm³/mol. The molecule has 11 heteroatoms. The zero-order chi connectivity index (χ0) is 31.4. The first-order valence-electron chi connectivity index (χ1n) is 16.5. The van der Waals surface area contributed by atoms with E-state index in [-0.39, 0.29) is 17.7 Å². The number of benzene rings is 1. The number of aromatic nitrogens is 7. The molecule has 11 nitrogen and oxygen atoms in total. The molecule has 8 rings (SSSR count). The Balaban J connectivity index is 1.14. The molecule has 2 unspecified atom stereocenters. The van der Waals surface area contributed by atoms with Crippen LogP contribution in [0.1, 0.15) is 83.9 Å². The molecule has 1 aromatic carbocycles. The molecule has 4 aromatic heterocycles. The van der Waals surface area contributed by atoms with E-state index in [0.29, 0.717) is 50.0 Å². The molecule has 0 bridgehead atoms. The Hall–Kier alpha value is -4.80. The Labute approximate surface area is 267 Å². The molecule has 2 amide bonds. The van der Waals surface area contributed by atoms with Gasteiger partial charge in [0.25, 0.3) is 5.91 Å². The van der Waals surface area contributed by atoms with Crippen molar-refractivity contribution in [1.82, 2.24) is 44.5 Å². The molecule has 3 aliphatic rings. The molecule has 0 radical (unpaired) electrons. The second-order valence-electron chi connectivity index (χ2n) is 13.3. The lowest BCUT2D eigenvalue weighted by Crippen LogP contribution is -2.39. The molecular weight excluding hydrogens is 578 g/mol. The highest BCUT2D eigenvalue weighted by Gasteiger charge is 2.33. The summed E-state index contributed by atoms with van der Waals surface area (Å²) in [6, 6.07) is 10.5. The van der Waals surface area contributed by atoms with Crippen LogP contribution < -0.4 is 0 Å². The number of nitrogens with zero attached hydrogens (tertiary/aromatic N) is 8. The standard InChI is InChI=1S/C35H39N9O2/c1-22-7-8-27(22)34-28(6-3-10-36-34)29-16-25(35(46)43-20-26-18-38-41(2)31(26)21-43)15-24-17-30(39-33(24)29)23-5-4-12-42(19-23)32(45)9-13-44-14-11-37-40-44/h3,6,10-11,14-18,22-23,27,39H,4-5,7-9,12-13,19-21H2,1-2H3/t22?,23-,27?/m0/s1. The van der Waals surface area contributed by atoms with Crippen molar-refractivity contribution in [3.63, 3.8) is 0 Å². The molecule has 3 atom stereocenters. The summed E-state index contributed by atoms with van der Waals surface area (Å²) in [6.07, 6.45) is 11.9. The number of fused-ring (bicyclic) bond motifs is 2. The number of nitrogens with one attached hydrogen (secondary N) is 1. The number of pyridine rings is 1. The summed E-state index contributed by atoms with van der Waals surface area (Å²) in [5.74, 6) is 1.34. The van der Waals surface area contributed by atoms with Crippen molar-refractivity contribution in [3.05, 3.63) is 83.3 Å². The summed E-state index contributed by atoms with van der Waals surface area (Å²) >= 11 is 0. The van der Waals surface area contributed by atoms with Crippen molar-refractivity contribution in [2.24, 2.45) is 13.0 Å². The minimum Gasteiger partial charge on any atom is -0.358 e. The lowest BCUT2D eigenvalue weighted by atomic mass is 9.71. The molecule has 1 N–H and O–H groups in total. The van der Waals surface area contributed by atoms with E-state index in [1.165, 1.54) is 6.42 Å². The van der Waals surface area contributed by atoms with Crippen LogP contribution in [0.15, 0.2) is 55.1 Å². The van der Waals surface area contributed by atoms with Gasteiger partial charge in [-0.2, -0.15) is 5.10 Å². The highest BCUT2D eigenvalue weighted by atomic mass is 16.2. The highest BCUT2D eigenvalue weighted by molar-refractivity contribution is 6.04. The van der Waals surface area contributed by atoms with E-state index in [0.717, 1.165) is 70.5 Å². The third-order valence-corrected chi connectivity index (χ3v) is 10.5. The first-order valence-corrected chi connectivity index (χ1v) is 16.5. The first-order chi connectivity index (χ1) is 22.4. The Bertz CT molecular complexity index is 1920. The van der Waals surface area contributed by atoms with Gasteiger partial charge in [-0.3, -0.25) is 23.9 Å². The van der Waals surface area contributed by atoms with Gasteiger partial charge in [0.2, 0.25) is 5.91 Å². The number of carbonyl (C=O) groups is 2. The highest BCUT2D eigenvalue weighted by Crippen LogP contribution is 2.46. The zero-order valence-corrected chi connectivity index (χ0v) is 26.4. The summed E-state index contributed by atoms with van der Waals surface area (Å²) in [7, 11) is 1.93. The molecule has 1 saturated carbocycles. The normalized spacial score (nSPS) is 21.0. The molecular formula is C35H39N9O2. The minimum absolute atomic E-state index is 0.0198. The number of carbonyl (C=O) groups excluding carboxylic acids is 2. The van der Waals surface area contributed by atoms with Crippen LogP contribution in [0.3, 0.4) is 0 Å². The maximum absolute atomic E-state index is 14.1. The fourth-order valence-corrected chi connectivity index (χ4v) is 7.63. The van der Waals surface area contributed by atoms with E-state index in [1.54, 1.807) is 17.1 Å². The van der Waals surface area contributed by atoms with Gasteiger partial charge in [0.15, 0.2) is 0 Å². The van der Waals surface area contributed by atoms with Crippen LogP contribution in [0, 0.1) is 5.92 Å². The summed E-state index contributed by atoms with van der Waals surface area (Å²) < 4.78 is 3.57. The number of H-pyrrole nitrogens is 1. The van der Waals surface area contributed by atoms with Crippen molar-refractivity contribution in [1.29, 1.82) is 0 Å². The van der Waals surface area contributed by atoms with E-state index in [2.05, 4.69) is 45.5 Å². The van der Waals surface area contributed by atoms with Crippen molar-refractivity contribution < 1.29 is 9.59 Å². The van der Waals surface area contributed by atoms with Crippen molar-refractivity contribution >= 4 is 22.7 Å². The smallest absolute Gasteiger partial charge is 0.254 e. The summed E-state index contributed by atoms with van der Waals surface area (Å²) in [5.41, 5.74) is 8.23. The first kappa shape index (κ1) is 28.7. The van der Waals surface area contributed by atoms with Crippen LogP contribution in [0.4, 0.5) is 0 Å². The van der Waals surface area contributed by atoms with Gasteiger partial charge in [-0.05, 0) is 55.9 Å². The van der Waals surface area contributed by atoms with Crippen LogP contribution in [0.25, 0.3) is 22.0 Å². The maximum atomic E-state index is 14.1. The molecule has 1 saturated heterocycles. The van der Waals surface area contributed by atoms with Gasteiger partial charge >= 0.3 is 0 Å². The average Bonchev–Trinajstić information content (AvgIpc) is 3.89. The van der Waals surface area contributed by atoms with Gasteiger partial charge in [0.05, 0.1) is 42.4 Å². The number of piperidine rings is 1. The second kappa shape index (κ2) is 11.5. The SMILES string of the molecule is CC1CCC1c1ncccc1-c1cc(C(=O)N2Cc3cnn(C)c3C2)cc2cc([C@H]3CCCN(C(=O)CCn4ccnn4)C3)[nH]c12. The fraction of sp³-hybridized carbons (Fsp3) is 0.429. The fourth-order valence-electron chi connectivity index (χ4n) is 7.63. The minimum atomic E-state index is 0.0198. The number of hydrogen-bond acceptors (Lipinski definition) is 6. The molecule has 2 aliphatic heterocycles. The zero-order valence-electron chi connectivity index (χ0n) is 26.4. The van der Waals surface area contributed by atoms with Gasteiger partial charge < -0.3 is 14.8 Å². The third kappa shape index (κ3) is 5.07. The van der Waals surface area contributed by atoms with Crippen molar-refractivity contribution in [2.45, 2.75) is 70.5 Å². The van der Waals surface area contributed by atoms with E-state index in [9.17, 15) is 9.59 Å². The Morgan fingerprint density at radius 1 is 1.04 bits per heavy atom. The van der Waals surface area contributed by atoms with E-state index < -0.39 is 0 Å². The van der Waals surface area contributed by atoms with Crippen LogP contribution >= 0.6 is 0 Å². The Morgan fingerprint density at radius 2 is 1.96 bits per heavy atom. The lowest BCUT2D eigenvalue weighted by molar-refractivity contribution is -0.132. The van der Waals surface area contributed by atoms with Gasteiger partial charge in [-0.25, -0.2) is 0 Å². The number of aryl methyl sites for hydroxylation is 2. The summed E-state index contributed by atoms with van der Waals surface area (Å²) in [6.45, 7) is 5.38. The lowest BCUT2D eigenvalue weighted by Gasteiger charge is -2.34. The van der Waals surface area contributed by atoms with Gasteiger partial charge in [-0.15, -0.1) is 5.10 Å². The van der Waals surface area contributed by atoms with E-state index in [1.807, 2.05) is 46.1 Å². The predicted octanol–water partition coefficient (Wildman–Crippen LogP) is 5.02. The van der Waals surface area contributed by atoms with Crippen molar-refractivity contribution in [2.75, 3.05) is 13.1 Å². The average molecular weight is 618 g/mol. The third-order valence-electron chi connectivity index (χ3n) is 10.5. The van der Waals surface area contributed by atoms with Gasteiger partial charge in [0, 0.05) is 90.7 Å². The van der Waals surface area contributed by atoms with Gasteiger partial charge in [-0.1, -0.05) is 18.2 Å². The molecule has 46 heavy (non-hydrogen) atoms. The Morgan fingerprint density at radius 3 is 2.74 bits per heavy atom. The van der Waals surface area contributed by atoms with Crippen LogP contribution in [0.2, 0.25) is 0 Å². The second-order valence-corrected chi connectivity index (χ2v) is 13.3. The molecule has 1 aliphatic carbocycles. The van der Waals surface area contributed by atoms with E-state index in [4.69, 9.17) is 4.98 Å². The number of likely N-dealkylation sites (tertiary alicyclic amines) is 1. The number of amides is 2. The molecule has 5 aromatic rings. The van der Waals surface area contributed by atoms with Crippen LogP contribution in [-0.2, 0) is 31.5 Å². The number of hydrogen-bond donors (Lipinski definition) is 1. The van der Waals surface area contributed by atoms with Gasteiger partial charge in [0.1, 0.15) is 0 Å². The summed E-state index contributed by atoms with van der Waals surface area (Å²) in [5, 5.41) is 13.2.